The molecule has 0 aromatic rings. The average molecular weight is 501 g/mol. The zero-order valence-corrected chi connectivity index (χ0v) is 21.4. The van der Waals surface area contributed by atoms with E-state index in [1.165, 1.54) is 13.8 Å². The highest BCUT2D eigenvalue weighted by Gasteiger charge is 2.27. The van der Waals surface area contributed by atoms with E-state index in [9.17, 15) is 24.0 Å². The topological polar surface area (TPSA) is 172 Å². The molecule has 194 valence electrons. The summed E-state index contributed by atoms with van der Waals surface area (Å²) in [5.41, 5.74) is 5.46. The fraction of sp³-hybridized carbons (Fsp3) is 0.727. The third-order valence-electron chi connectivity index (χ3n) is 4.98. The average Bonchev–Trinajstić information content (AvgIpc) is 2.74. The number of primary amides is 1. The summed E-state index contributed by atoms with van der Waals surface area (Å²) in [5.74, 6) is -2.16. The van der Waals surface area contributed by atoms with Gasteiger partial charge in [-0.1, -0.05) is 19.1 Å². The van der Waals surface area contributed by atoms with Crippen molar-refractivity contribution in [2.45, 2.75) is 90.8 Å². The Morgan fingerprint density at radius 2 is 1.21 bits per heavy atom. The summed E-state index contributed by atoms with van der Waals surface area (Å²) in [6, 6.07) is -2.57. The van der Waals surface area contributed by atoms with Gasteiger partial charge in [-0.25, -0.2) is 0 Å². The molecule has 7 N–H and O–H groups in total. The second-order valence-corrected chi connectivity index (χ2v) is 8.76. The van der Waals surface area contributed by atoms with E-state index in [1.54, 1.807) is 13.8 Å². The fourth-order valence-corrected chi connectivity index (χ4v) is 3.28. The zero-order chi connectivity index (χ0) is 26.1. The normalized spacial score (nSPS) is 13.1. The summed E-state index contributed by atoms with van der Waals surface area (Å²) < 4.78 is 0. The number of unbranched alkanes of at least 4 members (excludes halogenated alkanes) is 2. The minimum absolute atomic E-state index is 0.140. The molecule has 0 fully saturated rings. The van der Waals surface area contributed by atoms with Crippen LogP contribution in [0.25, 0.3) is 0 Å². The van der Waals surface area contributed by atoms with Crippen LogP contribution in [0.5, 0.6) is 0 Å². The van der Waals surface area contributed by atoms with Crippen LogP contribution in [-0.4, -0.2) is 65.7 Å². The zero-order valence-electron chi connectivity index (χ0n) is 20.6. The van der Waals surface area contributed by atoms with Crippen molar-refractivity contribution in [1.82, 2.24) is 26.6 Å². The Morgan fingerprint density at radius 1 is 0.706 bits per heavy atom. The van der Waals surface area contributed by atoms with Gasteiger partial charge in [0.05, 0.1) is 4.99 Å². The minimum Gasteiger partial charge on any atom is -0.380 e. The summed E-state index contributed by atoms with van der Waals surface area (Å²) in [6.07, 6.45) is 3.52. The predicted octanol–water partition coefficient (Wildman–Crippen LogP) is -0.230. The quantitative estimate of drug-likeness (QED) is 0.118. The summed E-state index contributed by atoms with van der Waals surface area (Å²) in [7, 11) is 0. The van der Waals surface area contributed by atoms with Gasteiger partial charge in [0.1, 0.15) is 18.1 Å². The first-order chi connectivity index (χ1) is 16.0. The number of nitrogens with one attached hydrogen (secondary N) is 5. The van der Waals surface area contributed by atoms with Gasteiger partial charge in [-0.2, -0.15) is 0 Å². The van der Waals surface area contributed by atoms with E-state index in [0.29, 0.717) is 56.6 Å². The molecule has 0 aliphatic heterocycles. The highest BCUT2D eigenvalue weighted by molar-refractivity contribution is 7.80. The van der Waals surface area contributed by atoms with Crippen LogP contribution in [0, 0.1) is 0 Å². The first-order valence-electron chi connectivity index (χ1n) is 11.6. The fourth-order valence-electron chi connectivity index (χ4n) is 3.17. The van der Waals surface area contributed by atoms with Crippen LogP contribution in [0.3, 0.4) is 0 Å². The lowest BCUT2D eigenvalue weighted by Gasteiger charge is -2.24. The van der Waals surface area contributed by atoms with Gasteiger partial charge in [-0.05, 0) is 51.9 Å². The highest BCUT2D eigenvalue weighted by atomic mass is 32.1. The largest absolute Gasteiger partial charge is 0.380 e. The van der Waals surface area contributed by atoms with Crippen LogP contribution in [0.4, 0.5) is 0 Å². The molecule has 0 aromatic heterocycles. The monoisotopic (exact) mass is 500 g/mol. The smallest absolute Gasteiger partial charge is 0.243 e. The number of hydrogen-bond donors (Lipinski definition) is 6. The lowest BCUT2D eigenvalue weighted by Crippen LogP contribution is -2.56. The number of carbonyl (C=O) groups is 5. The molecule has 12 heteroatoms. The Morgan fingerprint density at radius 3 is 1.68 bits per heavy atom. The number of amides is 5. The third kappa shape index (κ3) is 15.1. The van der Waals surface area contributed by atoms with Crippen molar-refractivity contribution in [2.24, 2.45) is 5.73 Å². The molecule has 0 aliphatic carbocycles. The van der Waals surface area contributed by atoms with Crippen molar-refractivity contribution in [1.29, 1.82) is 0 Å². The van der Waals surface area contributed by atoms with Crippen molar-refractivity contribution in [2.75, 3.05) is 13.1 Å². The van der Waals surface area contributed by atoms with E-state index in [-0.39, 0.29) is 11.8 Å². The van der Waals surface area contributed by atoms with Gasteiger partial charge in [0, 0.05) is 26.9 Å². The van der Waals surface area contributed by atoms with Crippen molar-refractivity contribution in [3.63, 3.8) is 0 Å². The van der Waals surface area contributed by atoms with Crippen LogP contribution in [0.1, 0.15) is 72.6 Å². The summed E-state index contributed by atoms with van der Waals surface area (Å²) >= 11 is 4.98. The maximum absolute atomic E-state index is 13.0. The molecular weight excluding hydrogens is 460 g/mol. The van der Waals surface area contributed by atoms with E-state index in [1.807, 2.05) is 0 Å². The standard InChI is InChI=1S/C22H40N6O5S/c1-5-17(26-15(3)30)21(32)28-19(11-7-9-13-25-16(4)34)22(33)27-18(20(23)31)10-6-8-12-24-14(2)29/h17-19H,5-13H2,1-4H3,(H2,23,31)(H,24,29)(H,25,34)(H,26,30)(H,27,33)(H,28,32)/t17-,18-,19-/m0/s1. The van der Waals surface area contributed by atoms with E-state index in [2.05, 4.69) is 26.6 Å². The van der Waals surface area contributed by atoms with Crippen LogP contribution in [-0.2, 0) is 24.0 Å². The molecule has 0 saturated heterocycles. The van der Waals surface area contributed by atoms with E-state index >= 15 is 0 Å². The van der Waals surface area contributed by atoms with Crippen molar-refractivity contribution < 1.29 is 24.0 Å². The predicted molar refractivity (Wildman–Crippen MR) is 134 cm³/mol. The van der Waals surface area contributed by atoms with Gasteiger partial charge >= 0.3 is 0 Å². The summed E-state index contributed by atoms with van der Waals surface area (Å²) in [5, 5.41) is 13.6. The molecule has 3 atom stereocenters. The minimum atomic E-state index is -0.902. The molecule has 0 saturated carbocycles. The summed E-state index contributed by atoms with van der Waals surface area (Å²) in [4.78, 5) is 60.5. The Labute approximate surface area is 207 Å². The molecule has 0 radical (unpaired) electrons. The Kier molecular flexibility index (Phi) is 16.2. The van der Waals surface area contributed by atoms with Crippen LogP contribution >= 0.6 is 12.2 Å². The van der Waals surface area contributed by atoms with E-state index in [4.69, 9.17) is 18.0 Å². The first-order valence-corrected chi connectivity index (χ1v) is 12.0. The van der Waals surface area contributed by atoms with Gasteiger partial charge in [-0.3, -0.25) is 24.0 Å². The molecule has 34 heavy (non-hydrogen) atoms. The van der Waals surface area contributed by atoms with Gasteiger partial charge in [0.25, 0.3) is 0 Å². The Bertz CT molecular complexity index is 718. The van der Waals surface area contributed by atoms with Crippen molar-refractivity contribution >= 4 is 46.7 Å². The van der Waals surface area contributed by atoms with Gasteiger partial charge < -0.3 is 32.3 Å². The van der Waals surface area contributed by atoms with Crippen molar-refractivity contribution in [3.05, 3.63) is 0 Å². The second kappa shape index (κ2) is 17.7. The number of nitrogens with two attached hydrogens (primary N) is 1. The lowest BCUT2D eigenvalue weighted by atomic mass is 10.0. The second-order valence-electron chi connectivity index (χ2n) is 8.14. The van der Waals surface area contributed by atoms with E-state index in [0.717, 1.165) is 6.42 Å². The summed E-state index contributed by atoms with van der Waals surface area (Å²) in [6.45, 7) is 7.36. The van der Waals surface area contributed by atoms with Crippen LogP contribution in [0.15, 0.2) is 0 Å². The highest BCUT2D eigenvalue weighted by Crippen LogP contribution is 2.06. The number of carbonyl (C=O) groups excluding carboxylic acids is 5. The van der Waals surface area contributed by atoms with Crippen LogP contribution in [0.2, 0.25) is 0 Å². The molecule has 5 amide bonds. The molecule has 0 aliphatic rings. The molecule has 0 unspecified atom stereocenters. The Balaban J connectivity index is 5.10. The van der Waals surface area contributed by atoms with E-state index < -0.39 is 35.8 Å². The molecule has 0 rings (SSSR count). The lowest BCUT2D eigenvalue weighted by molar-refractivity contribution is -0.133. The van der Waals surface area contributed by atoms with Crippen LogP contribution < -0.4 is 32.3 Å². The Hall–Kier alpha value is -2.76. The number of rotatable bonds is 17. The maximum Gasteiger partial charge on any atom is 0.243 e. The van der Waals surface area contributed by atoms with Gasteiger partial charge in [-0.15, -0.1) is 0 Å². The van der Waals surface area contributed by atoms with Gasteiger partial charge in [0.2, 0.25) is 29.5 Å². The van der Waals surface area contributed by atoms with Gasteiger partial charge in [0.15, 0.2) is 0 Å². The third-order valence-corrected chi connectivity index (χ3v) is 5.13. The number of thiocarbonyl (C=S) groups is 1. The number of hydrogen-bond acceptors (Lipinski definition) is 6. The first kappa shape index (κ1) is 31.2. The SMILES string of the molecule is CC[C@H](NC(C)=O)C(=O)N[C@@H](CCCCNC(C)=S)C(=O)N[C@@H](CCCCNC(C)=O)C(N)=O. The molecule has 0 bridgehead atoms. The molecular formula is C22H40N6O5S. The molecule has 11 nitrogen and oxygen atoms in total. The molecule has 0 heterocycles. The molecule has 0 spiro atoms. The van der Waals surface area contributed by atoms with Crippen molar-refractivity contribution in [3.8, 4) is 0 Å². The maximum atomic E-state index is 13.0. The molecule has 0 aromatic carbocycles.